The molecular formula is C14H17N3. The minimum Gasteiger partial charge on any atom is -0.369 e. The van der Waals surface area contributed by atoms with E-state index in [9.17, 15) is 0 Å². The summed E-state index contributed by atoms with van der Waals surface area (Å²) >= 11 is 0. The van der Waals surface area contributed by atoms with E-state index in [1.165, 1.54) is 5.56 Å². The monoisotopic (exact) mass is 227 g/mol. The summed E-state index contributed by atoms with van der Waals surface area (Å²) in [5.74, 6) is 0.850. The fourth-order valence-electron chi connectivity index (χ4n) is 1.78. The Morgan fingerprint density at radius 3 is 2.71 bits per heavy atom. The van der Waals surface area contributed by atoms with Gasteiger partial charge in [0.15, 0.2) is 5.82 Å². The Morgan fingerprint density at radius 1 is 1.12 bits per heavy atom. The van der Waals surface area contributed by atoms with Crippen molar-refractivity contribution in [2.24, 2.45) is 0 Å². The second-order valence-corrected chi connectivity index (χ2v) is 3.84. The first kappa shape index (κ1) is 11.6. The summed E-state index contributed by atoms with van der Waals surface area (Å²) < 4.78 is 0. The summed E-state index contributed by atoms with van der Waals surface area (Å²) in [4.78, 5) is 8.74. The Hall–Kier alpha value is -1.90. The van der Waals surface area contributed by atoms with Crippen LogP contribution >= 0.6 is 0 Å². The van der Waals surface area contributed by atoms with Gasteiger partial charge in [-0.3, -0.25) is 4.98 Å². The van der Waals surface area contributed by atoms with Crippen molar-refractivity contribution < 1.29 is 0 Å². The summed E-state index contributed by atoms with van der Waals surface area (Å²) in [5.41, 5.74) is 3.36. The molecule has 1 aromatic heterocycles. The van der Waals surface area contributed by atoms with Gasteiger partial charge in [0.2, 0.25) is 0 Å². The number of aryl methyl sites for hydroxylation is 1. The molecule has 0 aliphatic carbocycles. The van der Waals surface area contributed by atoms with E-state index in [2.05, 4.69) is 53.4 Å². The largest absolute Gasteiger partial charge is 0.369 e. The van der Waals surface area contributed by atoms with E-state index in [1.807, 2.05) is 0 Å². The van der Waals surface area contributed by atoms with Crippen molar-refractivity contribution in [3.8, 4) is 11.3 Å². The average Bonchev–Trinajstić information content (AvgIpc) is 2.40. The van der Waals surface area contributed by atoms with Gasteiger partial charge < -0.3 is 5.32 Å². The molecule has 1 N–H and O–H groups in total. The molecule has 0 spiro atoms. The normalized spacial score (nSPS) is 10.2. The molecule has 0 saturated carbocycles. The van der Waals surface area contributed by atoms with Crippen molar-refractivity contribution in [3.05, 3.63) is 42.2 Å². The van der Waals surface area contributed by atoms with Crippen LogP contribution in [-0.4, -0.2) is 16.5 Å². The van der Waals surface area contributed by atoms with Gasteiger partial charge in [-0.1, -0.05) is 25.1 Å². The van der Waals surface area contributed by atoms with Crippen molar-refractivity contribution in [1.29, 1.82) is 0 Å². The number of hydrogen-bond acceptors (Lipinski definition) is 3. The van der Waals surface area contributed by atoms with Gasteiger partial charge in [-0.2, -0.15) is 0 Å². The third-order valence-electron chi connectivity index (χ3n) is 2.65. The molecule has 17 heavy (non-hydrogen) atoms. The number of hydrogen-bond donors (Lipinski definition) is 1. The first-order valence-corrected chi connectivity index (χ1v) is 5.99. The molecule has 0 fully saturated rings. The molecular weight excluding hydrogens is 210 g/mol. The fraction of sp³-hybridized carbons (Fsp3) is 0.286. The van der Waals surface area contributed by atoms with Crippen LogP contribution in [0.3, 0.4) is 0 Å². The molecule has 88 valence electrons. The highest BCUT2D eigenvalue weighted by atomic mass is 15.0. The predicted molar refractivity (Wildman–Crippen MR) is 71.0 cm³/mol. The lowest BCUT2D eigenvalue weighted by atomic mass is 10.1. The third kappa shape index (κ3) is 2.61. The Kier molecular flexibility index (Phi) is 3.70. The number of rotatable bonds is 4. The van der Waals surface area contributed by atoms with Crippen LogP contribution < -0.4 is 5.32 Å². The van der Waals surface area contributed by atoms with Crippen molar-refractivity contribution >= 4 is 5.82 Å². The molecule has 0 saturated heterocycles. The Balaban J connectivity index is 2.44. The first-order valence-electron chi connectivity index (χ1n) is 5.99. The van der Waals surface area contributed by atoms with E-state index in [4.69, 9.17) is 0 Å². The SMILES string of the molecule is CCNc1nccnc1-c1cccc(CC)c1. The van der Waals surface area contributed by atoms with Gasteiger partial charge in [-0.25, -0.2) is 4.98 Å². The van der Waals surface area contributed by atoms with Crippen LogP contribution in [0, 0.1) is 0 Å². The van der Waals surface area contributed by atoms with Gasteiger partial charge in [0.05, 0.1) is 0 Å². The minimum atomic E-state index is 0.846. The highest BCUT2D eigenvalue weighted by Gasteiger charge is 2.06. The summed E-state index contributed by atoms with van der Waals surface area (Å²) in [6.45, 7) is 5.06. The molecule has 0 atom stereocenters. The lowest BCUT2D eigenvalue weighted by Gasteiger charge is -2.09. The lowest BCUT2D eigenvalue weighted by Crippen LogP contribution is -2.02. The molecule has 1 aromatic carbocycles. The van der Waals surface area contributed by atoms with E-state index in [1.54, 1.807) is 12.4 Å². The quantitative estimate of drug-likeness (QED) is 0.872. The molecule has 3 heteroatoms. The zero-order chi connectivity index (χ0) is 12.1. The summed E-state index contributed by atoms with van der Waals surface area (Å²) in [6.07, 6.45) is 4.48. The lowest BCUT2D eigenvalue weighted by molar-refractivity contribution is 1.12. The van der Waals surface area contributed by atoms with Crippen LogP contribution in [0.5, 0.6) is 0 Å². The van der Waals surface area contributed by atoms with Crippen LogP contribution in [-0.2, 0) is 6.42 Å². The number of nitrogens with zero attached hydrogens (tertiary/aromatic N) is 2. The molecule has 0 amide bonds. The number of benzene rings is 1. The third-order valence-corrected chi connectivity index (χ3v) is 2.65. The van der Waals surface area contributed by atoms with Crippen LogP contribution in [0.4, 0.5) is 5.82 Å². The number of aromatic nitrogens is 2. The summed E-state index contributed by atoms with van der Waals surface area (Å²) in [7, 11) is 0. The van der Waals surface area contributed by atoms with Gasteiger partial charge in [0.1, 0.15) is 5.69 Å². The molecule has 3 nitrogen and oxygen atoms in total. The molecule has 2 aromatic rings. The summed E-state index contributed by atoms with van der Waals surface area (Å²) in [6, 6.07) is 8.44. The zero-order valence-electron chi connectivity index (χ0n) is 10.3. The minimum absolute atomic E-state index is 0.846. The average molecular weight is 227 g/mol. The molecule has 0 radical (unpaired) electrons. The van der Waals surface area contributed by atoms with Crippen molar-refractivity contribution in [2.75, 3.05) is 11.9 Å². The van der Waals surface area contributed by atoms with E-state index >= 15 is 0 Å². The van der Waals surface area contributed by atoms with Crippen LogP contribution in [0.2, 0.25) is 0 Å². The summed E-state index contributed by atoms with van der Waals surface area (Å²) in [5, 5.41) is 3.24. The number of nitrogens with one attached hydrogen (secondary N) is 1. The van der Waals surface area contributed by atoms with Crippen LogP contribution in [0.25, 0.3) is 11.3 Å². The predicted octanol–water partition coefficient (Wildman–Crippen LogP) is 3.14. The number of anilines is 1. The molecule has 0 aliphatic heterocycles. The molecule has 0 bridgehead atoms. The van der Waals surface area contributed by atoms with Gasteiger partial charge in [-0.15, -0.1) is 0 Å². The molecule has 1 heterocycles. The van der Waals surface area contributed by atoms with Gasteiger partial charge in [0.25, 0.3) is 0 Å². The Bertz CT molecular complexity index is 494. The second-order valence-electron chi connectivity index (χ2n) is 3.84. The van der Waals surface area contributed by atoms with Crippen LogP contribution in [0.15, 0.2) is 36.7 Å². The topological polar surface area (TPSA) is 37.8 Å². The maximum Gasteiger partial charge on any atom is 0.152 e. The smallest absolute Gasteiger partial charge is 0.152 e. The van der Waals surface area contributed by atoms with Crippen LogP contribution in [0.1, 0.15) is 19.4 Å². The van der Waals surface area contributed by atoms with E-state index < -0.39 is 0 Å². The van der Waals surface area contributed by atoms with E-state index in [0.29, 0.717) is 0 Å². The van der Waals surface area contributed by atoms with Crippen molar-refractivity contribution in [1.82, 2.24) is 9.97 Å². The zero-order valence-corrected chi connectivity index (χ0v) is 10.3. The van der Waals surface area contributed by atoms with Crippen molar-refractivity contribution in [2.45, 2.75) is 20.3 Å². The first-order chi connectivity index (χ1) is 8.35. The maximum atomic E-state index is 4.42. The van der Waals surface area contributed by atoms with E-state index in [0.717, 1.165) is 30.0 Å². The Labute approximate surface area is 102 Å². The fourth-order valence-corrected chi connectivity index (χ4v) is 1.78. The highest BCUT2D eigenvalue weighted by Crippen LogP contribution is 2.24. The molecule has 0 aliphatic rings. The second kappa shape index (κ2) is 5.43. The van der Waals surface area contributed by atoms with Gasteiger partial charge >= 0.3 is 0 Å². The molecule has 0 unspecified atom stereocenters. The highest BCUT2D eigenvalue weighted by molar-refractivity contribution is 5.71. The maximum absolute atomic E-state index is 4.42. The van der Waals surface area contributed by atoms with Gasteiger partial charge in [0, 0.05) is 24.5 Å². The standard InChI is InChI=1S/C14H17N3/c1-3-11-6-5-7-12(10-11)13-14(15-4-2)17-9-8-16-13/h5-10H,3-4H2,1-2H3,(H,15,17). The molecule has 2 rings (SSSR count). The van der Waals surface area contributed by atoms with Crippen molar-refractivity contribution in [3.63, 3.8) is 0 Å². The van der Waals surface area contributed by atoms with E-state index in [-0.39, 0.29) is 0 Å². The van der Waals surface area contributed by atoms with Gasteiger partial charge in [-0.05, 0) is 25.0 Å². The Morgan fingerprint density at radius 2 is 1.94 bits per heavy atom.